The van der Waals surface area contributed by atoms with Gasteiger partial charge in [-0.15, -0.1) is 0 Å². The summed E-state index contributed by atoms with van der Waals surface area (Å²) in [6.07, 6.45) is 5.21. The summed E-state index contributed by atoms with van der Waals surface area (Å²) in [4.78, 5) is 12.3. The molecule has 1 aromatic carbocycles. The molecule has 1 saturated carbocycles. The molecule has 6 heteroatoms. The number of nitrogens with one attached hydrogen (secondary N) is 1. The molecular weight excluding hydrogens is 378 g/mol. The molecule has 0 atom stereocenters. The number of carbonyl (C=O) groups is 1. The summed E-state index contributed by atoms with van der Waals surface area (Å²) in [5.74, 6) is -0.703. The molecule has 0 aromatic heterocycles. The number of halogens is 1. The number of amides is 1. The summed E-state index contributed by atoms with van der Waals surface area (Å²) in [5, 5.41) is 2.98. The summed E-state index contributed by atoms with van der Waals surface area (Å²) in [6.45, 7) is 2.03. The van der Waals surface area contributed by atoms with Gasteiger partial charge in [0.1, 0.15) is 5.75 Å². The highest BCUT2D eigenvalue weighted by Gasteiger charge is 2.40. The van der Waals surface area contributed by atoms with Crippen LogP contribution in [0.4, 0.5) is 0 Å². The van der Waals surface area contributed by atoms with E-state index in [0.29, 0.717) is 6.42 Å². The fourth-order valence-corrected chi connectivity index (χ4v) is 4.61. The quantitative estimate of drug-likeness (QED) is 0.677. The Morgan fingerprint density at radius 3 is 2.61 bits per heavy atom. The van der Waals surface area contributed by atoms with Gasteiger partial charge in [0.15, 0.2) is 9.84 Å². The van der Waals surface area contributed by atoms with E-state index in [1.165, 1.54) is 0 Å². The molecule has 0 radical (unpaired) electrons. The molecule has 0 heterocycles. The predicted octanol–water partition coefficient (Wildman–Crippen LogP) is 3.55. The molecule has 0 bridgehead atoms. The molecule has 0 unspecified atom stereocenters. The van der Waals surface area contributed by atoms with Crippen LogP contribution in [0.15, 0.2) is 28.7 Å². The zero-order valence-corrected chi connectivity index (χ0v) is 15.9. The van der Waals surface area contributed by atoms with Crippen LogP contribution in [0.2, 0.25) is 0 Å². The molecule has 0 aliphatic heterocycles. The largest absolute Gasteiger partial charge is 0.346 e. The highest BCUT2D eigenvalue weighted by molar-refractivity contribution is 9.10. The molecular formula is C17H24BrNO3S. The number of unbranched alkanes of at least 4 members (excludes halogenated alkanes) is 2. The first-order valence-corrected chi connectivity index (χ1v) is 10.8. The van der Waals surface area contributed by atoms with E-state index in [4.69, 9.17) is 0 Å². The Labute approximate surface area is 147 Å². The molecule has 128 valence electrons. The fourth-order valence-electron chi connectivity index (χ4n) is 2.95. The van der Waals surface area contributed by atoms with E-state index in [2.05, 4.69) is 21.2 Å². The van der Waals surface area contributed by atoms with E-state index in [1.54, 1.807) is 0 Å². The molecule has 1 N–H and O–H groups in total. The molecule has 4 nitrogen and oxygen atoms in total. The van der Waals surface area contributed by atoms with Crippen LogP contribution in [-0.4, -0.2) is 25.8 Å². The molecule has 1 aliphatic rings. The number of hydrogen-bond acceptors (Lipinski definition) is 3. The van der Waals surface area contributed by atoms with Gasteiger partial charge in [0.25, 0.3) is 0 Å². The lowest BCUT2D eigenvalue weighted by Crippen LogP contribution is -2.52. The van der Waals surface area contributed by atoms with Gasteiger partial charge in [-0.3, -0.25) is 4.79 Å². The van der Waals surface area contributed by atoms with Crippen LogP contribution in [0.5, 0.6) is 0 Å². The normalized spacial score (nSPS) is 16.6. The Morgan fingerprint density at radius 1 is 1.30 bits per heavy atom. The van der Waals surface area contributed by atoms with Gasteiger partial charge in [-0.25, -0.2) is 8.42 Å². The molecule has 1 amide bonds. The third kappa shape index (κ3) is 5.05. The van der Waals surface area contributed by atoms with E-state index in [0.717, 1.165) is 42.1 Å². The van der Waals surface area contributed by atoms with Gasteiger partial charge in [-0.05, 0) is 43.4 Å². The van der Waals surface area contributed by atoms with Crippen molar-refractivity contribution in [2.45, 2.75) is 51.0 Å². The highest BCUT2D eigenvalue weighted by Crippen LogP contribution is 2.41. The number of rotatable bonds is 8. The van der Waals surface area contributed by atoms with Gasteiger partial charge >= 0.3 is 0 Å². The van der Waals surface area contributed by atoms with E-state index in [9.17, 15) is 13.2 Å². The predicted molar refractivity (Wildman–Crippen MR) is 96.0 cm³/mol. The summed E-state index contributed by atoms with van der Waals surface area (Å²) in [7, 11) is -3.32. The van der Waals surface area contributed by atoms with E-state index in [-0.39, 0.29) is 11.7 Å². The summed E-state index contributed by atoms with van der Waals surface area (Å²) in [5.41, 5.74) is 0.634. The zero-order chi connectivity index (χ0) is 16.9. The maximum absolute atomic E-state index is 12.3. The monoisotopic (exact) mass is 401 g/mol. The van der Waals surface area contributed by atoms with Gasteiger partial charge in [0, 0.05) is 4.47 Å². The zero-order valence-electron chi connectivity index (χ0n) is 13.5. The lowest BCUT2D eigenvalue weighted by molar-refractivity contribution is -0.121. The maximum Gasteiger partial charge on any atom is 0.235 e. The second-order valence-electron chi connectivity index (χ2n) is 6.29. The minimum Gasteiger partial charge on any atom is -0.346 e. The lowest BCUT2D eigenvalue weighted by Gasteiger charge is -2.43. The molecule has 1 aliphatic carbocycles. The molecule has 2 rings (SSSR count). The minimum atomic E-state index is -3.32. The van der Waals surface area contributed by atoms with E-state index < -0.39 is 21.1 Å². The Kier molecular flexibility index (Phi) is 6.26. The molecule has 0 spiro atoms. The van der Waals surface area contributed by atoms with Crippen LogP contribution in [-0.2, 0) is 20.2 Å². The first-order chi connectivity index (χ1) is 10.9. The molecule has 1 fully saturated rings. The van der Waals surface area contributed by atoms with Gasteiger partial charge in [-0.2, -0.15) is 0 Å². The van der Waals surface area contributed by atoms with Crippen LogP contribution in [0.3, 0.4) is 0 Å². The van der Waals surface area contributed by atoms with Crippen molar-refractivity contribution in [3.63, 3.8) is 0 Å². The van der Waals surface area contributed by atoms with Crippen molar-refractivity contribution in [2.75, 3.05) is 11.5 Å². The smallest absolute Gasteiger partial charge is 0.235 e. The number of hydrogen-bond donors (Lipinski definition) is 1. The van der Waals surface area contributed by atoms with Gasteiger partial charge in [0.05, 0.1) is 11.3 Å². The van der Waals surface area contributed by atoms with Gasteiger partial charge < -0.3 is 5.32 Å². The van der Waals surface area contributed by atoms with Crippen molar-refractivity contribution in [1.29, 1.82) is 0 Å². The first kappa shape index (κ1) is 18.5. The standard InChI is InChI=1S/C17H24BrNO3S/c1-2-3-4-11-23(21,22)13-16(20)19-17(9-6-10-17)14-7-5-8-15(18)12-14/h5,7-8,12H,2-4,6,9-11,13H2,1H3,(H,19,20). The van der Waals surface area contributed by atoms with Crippen LogP contribution in [0, 0.1) is 0 Å². The lowest BCUT2D eigenvalue weighted by atomic mass is 9.72. The van der Waals surface area contributed by atoms with Crippen molar-refractivity contribution in [3.05, 3.63) is 34.3 Å². The Morgan fingerprint density at radius 2 is 2.04 bits per heavy atom. The number of carbonyl (C=O) groups excluding carboxylic acids is 1. The van der Waals surface area contributed by atoms with Crippen molar-refractivity contribution in [2.24, 2.45) is 0 Å². The van der Waals surface area contributed by atoms with Crippen molar-refractivity contribution in [3.8, 4) is 0 Å². The Hall–Kier alpha value is -0.880. The molecule has 0 saturated heterocycles. The minimum absolute atomic E-state index is 0.0954. The third-order valence-corrected chi connectivity index (χ3v) is 6.48. The Bertz CT molecular complexity index is 654. The fraction of sp³-hybridized carbons (Fsp3) is 0.588. The SMILES string of the molecule is CCCCCS(=O)(=O)CC(=O)NC1(c2cccc(Br)c2)CCC1. The van der Waals surface area contributed by atoms with Crippen molar-refractivity contribution in [1.82, 2.24) is 5.32 Å². The number of sulfone groups is 1. The van der Waals surface area contributed by atoms with Gasteiger partial charge in [-0.1, -0.05) is 47.8 Å². The topological polar surface area (TPSA) is 63.2 Å². The number of benzene rings is 1. The van der Waals surface area contributed by atoms with E-state index >= 15 is 0 Å². The molecule has 23 heavy (non-hydrogen) atoms. The summed E-state index contributed by atoms with van der Waals surface area (Å²) in [6, 6.07) is 7.86. The van der Waals surface area contributed by atoms with Crippen LogP contribution in [0.25, 0.3) is 0 Å². The second kappa shape index (κ2) is 7.79. The Balaban J connectivity index is 2.00. The van der Waals surface area contributed by atoms with Crippen LogP contribution < -0.4 is 5.32 Å². The maximum atomic E-state index is 12.3. The summed E-state index contributed by atoms with van der Waals surface area (Å²) < 4.78 is 25.0. The van der Waals surface area contributed by atoms with Gasteiger partial charge in [0.2, 0.25) is 5.91 Å². The highest BCUT2D eigenvalue weighted by atomic mass is 79.9. The second-order valence-corrected chi connectivity index (χ2v) is 9.39. The summed E-state index contributed by atoms with van der Waals surface area (Å²) >= 11 is 3.45. The molecule has 1 aromatic rings. The van der Waals surface area contributed by atoms with E-state index in [1.807, 2.05) is 31.2 Å². The van der Waals surface area contributed by atoms with Crippen LogP contribution >= 0.6 is 15.9 Å². The average Bonchev–Trinajstić information content (AvgIpc) is 2.42. The van der Waals surface area contributed by atoms with Crippen molar-refractivity contribution < 1.29 is 13.2 Å². The third-order valence-electron chi connectivity index (χ3n) is 4.37. The first-order valence-electron chi connectivity index (χ1n) is 8.14. The van der Waals surface area contributed by atoms with Crippen molar-refractivity contribution >= 4 is 31.7 Å². The van der Waals surface area contributed by atoms with Crippen LogP contribution in [0.1, 0.15) is 51.0 Å². The average molecular weight is 402 g/mol.